The second kappa shape index (κ2) is 7.58. The summed E-state index contributed by atoms with van der Waals surface area (Å²) < 4.78 is 5.45. The first kappa shape index (κ1) is 16.0. The summed E-state index contributed by atoms with van der Waals surface area (Å²) in [6, 6.07) is 7.97. The Morgan fingerprint density at radius 3 is 2.55 bits per heavy atom. The van der Waals surface area contributed by atoms with Gasteiger partial charge in [-0.2, -0.15) is 0 Å². The van der Waals surface area contributed by atoms with Crippen molar-refractivity contribution in [3.05, 3.63) is 42.5 Å². The molecule has 1 aliphatic rings. The van der Waals surface area contributed by atoms with Crippen LogP contribution in [0, 0.1) is 0 Å². The van der Waals surface area contributed by atoms with E-state index in [-0.39, 0.29) is 13.0 Å². The fourth-order valence-electron chi connectivity index (χ4n) is 2.15. The van der Waals surface area contributed by atoms with Crippen LogP contribution in [-0.4, -0.2) is 47.1 Å². The van der Waals surface area contributed by atoms with Crippen molar-refractivity contribution >= 4 is 17.7 Å². The van der Waals surface area contributed by atoms with E-state index in [0.717, 1.165) is 0 Å². The van der Waals surface area contributed by atoms with E-state index in [9.17, 15) is 14.7 Å². The molecule has 1 aromatic rings. The summed E-state index contributed by atoms with van der Waals surface area (Å²) in [5.74, 6) is -0.987. The maximum Gasteiger partial charge on any atom is 0.319 e. The molecule has 0 aliphatic carbocycles. The highest BCUT2D eigenvalue weighted by Crippen LogP contribution is 2.16. The number of carbonyl (C=O) groups excluding carboxylic acids is 1. The molecule has 0 radical (unpaired) electrons. The minimum absolute atomic E-state index is 0.185. The number of anilines is 1. The van der Waals surface area contributed by atoms with Crippen LogP contribution in [-0.2, 0) is 9.53 Å². The van der Waals surface area contributed by atoms with Crippen LogP contribution >= 0.6 is 0 Å². The number of amides is 2. The number of aliphatic hydroxyl groups is 1. The predicted octanol–water partition coefficient (Wildman–Crippen LogP) is 0.967. The van der Waals surface area contributed by atoms with Gasteiger partial charge in [0, 0.05) is 5.69 Å². The Balaban J connectivity index is 1.93. The van der Waals surface area contributed by atoms with Gasteiger partial charge < -0.3 is 25.6 Å². The average Bonchev–Trinajstić information content (AvgIpc) is 2.49. The molecule has 0 aromatic heterocycles. The van der Waals surface area contributed by atoms with Gasteiger partial charge in [-0.05, 0) is 12.1 Å². The van der Waals surface area contributed by atoms with Gasteiger partial charge >= 0.3 is 12.0 Å². The van der Waals surface area contributed by atoms with E-state index in [0.29, 0.717) is 5.69 Å². The molecule has 118 valence electrons. The van der Waals surface area contributed by atoms with Gasteiger partial charge in [-0.3, -0.25) is 4.79 Å². The lowest BCUT2D eigenvalue weighted by atomic mass is 10.1. The number of aliphatic hydroxyl groups excluding tert-OH is 1. The molecule has 0 bridgehead atoms. The number of nitrogens with one attached hydrogen (secondary N) is 2. The Bertz CT molecular complexity index is 546. The summed E-state index contributed by atoms with van der Waals surface area (Å²) >= 11 is 0. The van der Waals surface area contributed by atoms with E-state index in [1.807, 2.05) is 6.07 Å². The highest BCUT2D eigenvalue weighted by Gasteiger charge is 2.28. The predicted molar refractivity (Wildman–Crippen MR) is 79.5 cm³/mol. The van der Waals surface area contributed by atoms with Crippen molar-refractivity contribution in [1.29, 1.82) is 0 Å². The molecule has 4 N–H and O–H groups in total. The van der Waals surface area contributed by atoms with Gasteiger partial charge in [-0.1, -0.05) is 30.4 Å². The molecule has 0 fully saturated rings. The number of aliphatic carboxylic acids is 1. The van der Waals surface area contributed by atoms with E-state index in [2.05, 4.69) is 10.6 Å². The molecule has 0 spiro atoms. The molecule has 22 heavy (non-hydrogen) atoms. The molecule has 0 saturated heterocycles. The summed E-state index contributed by atoms with van der Waals surface area (Å²) in [5, 5.41) is 23.4. The van der Waals surface area contributed by atoms with E-state index >= 15 is 0 Å². The molecule has 7 heteroatoms. The fraction of sp³-hybridized carbons (Fsp3) is 0.333. The highest BCUT2D eigenvalue weighted by molar-refractivity contribution is 5.89. The third-order valence-corrected chi connectivity index (χ3v) is 3.17. The van der Waals surface area contributed by atoms with Gasteiger partial charge in [0.2, 0.25) is 0 Å². The molecule has 2 amide bonds. The monoisotopic (exact) mass is 306 g/mol. The number of benzene rings is 1. The molecule has 0 unspecified atom stereocenters. The van der Waals surface area contributed by atoms with Crippen LogP contribution in [0.3, 0.4) is 0 Å². The molecular formula is C15H18N2O5. The molecule has 3 atom stereocenters. The standard InChI is InChI=1S/C15H18N2O5/c18-9-13-12(7-6-11(22-13)8-14(19)20)17-15(21)16-10-4-2-1-3-5-10/h1-7,11-13,18H,8-9H2,(H,19,20)(H2,16,17,21)/t11-,12-,13+/m1/s1. The molecular weight excluding hydrogens is 288 g/mol. The molecule has 1 aromatic carbocycles. The number of hydrogen-bond donors (Lipinski definition) is 4. The van der Waals surface area contributed by atoms with Crippen LogP contribution < -0.4 is 10.6 Å². The van der Waals surface area contributed by atoms with Crippen molar-refractivity contribution in [3.8, 4) is 0 Å². The SMILES string of the molecule is O=C(O)C[C@H]1C=C[C@@H](NC(=O)Nc2ccccc2)[C@H](CO)O1. The number of para-hydroxylation sites is 1. The van der Waals surface area contributed by atoms with Gasteiger partial charge in [0.25, 0.3) is 0 Å². The van der Waals surface area contributed by atoms with Crippen molar-refractivity contribution < 1.29 is 24.5 Å². The summed E-state index contributed by atoms with van der Waals surface area (Å²) in [6.45, 7) is -0.323. The highest BCUT2D eigenvalue weighted by atomic mass is 16.5. The number of carbonyl (C=O) groups is 2. The van der Waals surface area contributed by atoms with Crippen molar-refractivity contribution in [3.63, 3.8) is 0 Å². The van der Waals surface area contributed by atoms with Crippen LogP contribution in [0.2, 0.25) is 0 Å². The van der Waals surface area contributed by atoms with E-state index in [1.165, 1.54) is 0 Å². The topological polar surface area (TPSA) is 108 Å². The van der Waals surface area contributed by atoms with Gasteiger partial charge in [-0.15, -0.1) is 0 Å². The third-order valence-electron chi connectivity index (χ3n) is 3.17. The van der Waals surface area contributed by atoms with Crippen molar-refractivity contribution in [2.24, 2.45) is 0 Å². The Morgan fingerprint density at radius 1 is 1.18 bits per heavy atom. The minimum atomic E-state index is -0.987. The van der Waals surface area contributed by atoms with E-state index < -0.39 is 30.3 Å². The molecule has 2 rings (SSSR count). The van der Waals surface area contributed by atoms with Gasteiger partial charge in [0.15, 0.2) is 0 Å². The lowest BCUT2D eigenvalue weighted by Gasteiger charge is -2.31. The fourth-order valence-corrected chi connectivity index (χ4v) is 2.15. The van der Waals surface area contributed by atoms with E-state index in [4.69, 9.17) is 9.84 Å². The number of rotatable bonds is 5. The van der Waals surface area contributed by atoms with Crippen LogP contribution in [0.1, 0.15) is 6.42 Å². The lowest BCUT2D eigenvalue weighted by molar-refractivity contribution is -0.141. The summed E-state index contributed by atoms with van der Waals surface area (Å²) in [7, 11) is 0. The summed E-state index contributed by atoms with van der Waals surface area (Å²) in [5.41, 5.74) is 0.644. The molecule has 1 heterocycles. The number of urea groups is 1. The maximum atomic E-state index is 11.9. The quantitative estimate of drug-likeness (QED) is 0.606. The number of carboxylic acid groups (broad SMARTS) is 1. The zero-order valence-electron chi connectivity index (χ0n) is 11.8. The first-order chi connectivity index (χ1) is 10.6. The summed E-state index contributed by atoms with van der Waals surface area (Å²) in [6.07, 6.45) is 1.74. The summed E-state index contributed by atoms with van der Waals surface area (Å²) in [4.78, 5) is 22.6. The zero-order valence-corrected chi connectivity index (χ0v) is 11.8. The van der Waals surface area contributed by atoms with Gasteiger partial charge in [-0.25, -0.2) is 4.79 Å². The Hall–Kier alpha value is -2.38. The second-order valence-corrected chi connectivity index (χ2v) is 4.87. The van der Waals surface area contributed by atoms with Crippen LogP contribution in [0.25, 0.3) is 0 Å². The average molecular weight is 306 g/mol. The third kappa shape index (κ3) is 4.57. The van der Waals surface area contributed by atoms with Crippen LogP contribution in [0.5, 0.6) is 0 Å². The van der Waals surface area contributed by atoms with Gasteiger partial charge in [0.05, 0.1) is 25.2 Å². The van der Waals surface area contributed by atoms with Crippen molar-refractivity contribution in [2.45, 2.75) is 24.7 Å². The Labute approximate surface area is 127 Å². The van der Waals surface area contributed by atoms with E-state index in [1.54, 1.807) is 36.4 Å². The minimum Gasteiger partial charge on any atom is -0.481 e. The molecule has 0 saturated carbocycles. The van der Waals surface area contributed by atoms with Crippen LogP contribution in [0.15, 0.2) is 42.5 Å². The van der Waals surface area contributed by atoms with Gasteiger partial charge in [0.1, 0.15) is 6.10 Å². The first-order valence-electron chi connectivity index (χ1n) is 6.87. The molecule has 7 nitrogen and oxygen atoms in total. The normalized spacial score (nSPS) is 23.8. The van der Waals surface area contributed by atoms with Crippen LogP contribution in [0.4, 0.5) is 10.5 Å². The maximum absolute atomic E-state index is 11.9. The number of hydrogen-bond acceptors (Lipinski definition) is 4. The van der Waals surface area contributed by atoms with Crippen molar-refractivity contribution in [1.82, 2.24) is 5.32 Å². The lowest BCUT2D eigenvalue weighted by Crippen LogP contribution is -2.49. The molecule has 1 aliphatic heterocycles. The Kier molecular flexibility index (Phi) is 5.51. The second-order valence-electron chi connectivity index (χ2n) is 4.87. The zero-order chi connectivity index (χ0) is 15.9. The first-order valence-corrected chi connectivity index (χ1v) is 6.87. The Morgan fingerprint density at radius 2 is 1.91 bits per heavy atom. The smallest absolute Gasteiger partial charge is 0.319 e. The number of ether oxygens (including phenoxy) is 1. The largest absolute Gasteiger partial charge is 0.481 e. The number of carboxylic acids is 1. The van der Waals surface area contributed by atoms with Crippen molar-refractivity contribution in [2.75, 3.05) is 11.9 Å².